The molecule has 0 saturated carbocycles. The minimum Gasteiger partial charge on any atom is -0.325 e. The first-order valence-electron chi connectivity index (χ1n) is 8.10. The Morgan fingerprint density at radius 2 is 1.64 bits per heavy atom. The van der Waals surface area contributed by atoms with Crippen molar-refractivity contribution in [1.29, 1.82) is 0 Å². The zero-order chi connectivity index (χ0) is 17.9. The number of alkyl halides is 3. The second-order valence-electron chi connectivity index (χ2n) is 6.35. The Bertz CT molecular complexity index is 718. The fourth-order valence-electron chi connectivity index (χ4n) is 3.18. The normalized spacial score (nSPS) is 21.2. The Morgan fingerprint density at radius 1 is 1.04 bits per heavy atom. The van der Waals surface area contributed by atoms with Crippen LogP contribution in [0.15, 0.2) is 60.7 Å². The van der Waals surface area contributed by atoms with Crippen LogP contribution in [-0.4, -0.2) is 30.1 Å². The minimum atomic E-state index is -4.60. The second-order valence-corrected chi connectivity index (χ2v) is 6.35. The van der Waals surface area contributed by atoms with Crippen LogP contribution >= 0.6 is 0 Å². The lowest BCUT2D eigenvalue weighted by atomic mass is 9.85. The van der Waals surface area contributed by atoms with Crippen molar-refractivity contribution in [2.75, 3.05) is 18.4 Å². The van der Waals surface area contributed by atoms with Crippen molar-refractivity contribution in [2.24, 2.45) is 5.41 Å². The lowest BCUT2D eigenvalue weighted by Crippen LogP contribution is -2.49. The van der Waals surface area contributed by atoms with Gasteiger partial charge in [0.05, 0.1) is 0 Å². The van der Waals surface area contributed by atoms with Gasteiger partial charge in [-0.05, 0) is 30.7 Å². The summed E-state index contributed by atoms with van der Waals surface area (Å²) in [5.41, 5.74) is -1.07. The quantitative estimate of drug-likeness (QED) is 0.903. The highest BCUT2D eigenvalue weighted by molar-refractivity contribution is 5.96. The molecular formula is C19H19F3N2O. The smallest absolute Gasteiger partial charge is 0.325 e. The number of nitrogens with one attached hydrogen (secondary N) is 1. The van der Waals surface area contributed by atoms with Gasteiger partial charge in [0.25, 0.3) is 0 Å². The van der Waals surface area contributed by atoms with Crippen LogP contribution in [0, 0.1) is 5.41 Å². The zero-order valence-corrected chi connectivity index (χ0v) is 13.6. The molecule has 2 aromatic carbocycles. The predicted octanol–water partition coefficient (Wildman–Crippen LogP) is 4.08. The van der Waals surface area contributed by atoms with E-state index in [0.29, 0.717) is 12.2 Å². The Labute approximate surface area is 144 Å². The van der Waals surface area contributed by atoms with Crippen LogP contribution in [0.25, 0.3) is 0 Å². The van der Waals surface area contributed by atoms with Crippen LogP contribution in [-0.2, 0) is 11.3 Å². The van der Waals surface area contributed by atoms with E-state index in [1.54, 1.807) is 35.2 Å². The topological polar surface area (TPSA) is 32.3 Å². The molecule has 1 amide bonds. The molecule has 1 saturated heterocycles. The molecule has 0 aliphatic carbocycles. The maximum Gasteiger partial charge on any atom is 0.404 e. The monoisotopic (exact) mass is 348 g/mol. The molecule has 1 heterocycles. The van der Waals surface area contributed by atoms with Gasteiger partial charge in [-0.25, -0.2) is 0 Å². The summed E-state index contributed by atoms with van der Waals surface area (Å²) in [5.74, 6) is -0.984. The number of carbonyl (C=O) groups excluding carboxylic acids is 1. The maximum absolute atomic E-state index is 13.8. The molecule has 0 radical (unpaired) electrons. The third-order valence-electron chi connectivity index (χ3n) is 4.61. The number of anilines is 1. The number of benzene rings is 2. The van der Waals surface area contributed by atoms with Crippen LogP contribution in [0.1, 0.15) is 12.0 Å². The summed E-state index contributed by atoms with van der Waals surface area (Å²) >= 11 is 0. The lowest BCUT2D eigenvalue weighted by Gasteiger charge is -2.30. The summed E-state index contributed by atoms with van der Waals surface area (Å²) in [4.78, 5) is 14.2. The SMILES string of the molecule is O=C(Nc1ccccc1)C1(C(F)(F)F)CCN(Cc2ccccc2)C1. The number of likely N-dealkylation sites (tertiary alicyclic amines) is 1. The Hall–Kier alpha value is -2.34. The van der Waals surface area contributed by atoms with Gasteiger partial charge in [-0.1, -0.05) is 48.5 Å². The molecule has 25 heavy (non-hydrogen) atoms. The fourth-order valence-corrected chi connectivity index (χ4v) is 3.18. The molecule has 3 rings (SSSR count). The van der Waals surface area contributed by atoms with Crippen molar-refractivity contribution >= 4 is 11.6 Å². The summed E-state index contributed by atoms with van der Waals surface area (Å²) in [7, 11) is 0. The molecule has 6 heteroatoms. The number of hydrogen-bond donors (Lipinski definition) is 1. The van der Waals surface area contributed by atoms with Gasteiger partial charge in [-0.15, -0.1) is 0 Å². The molecule has 3 nitrogen and oxygen atoms in total. The minimum absolute atomic E-state index is 0.233. The van der Waals surface area contributed by atoms with Gasteiger partial charge in [-0.2, -0.15) is 13.2 Å². The Balaban J connectivity index is 1.77. The van der Waals surface area contributed by atoms with Crippen LogP contribution < -0.4 is 5.32 Å². The third kappa shape index (κ3) is 3.69. The molecular weight excluding hydrogens is 329 g/mol. The van der Waals surface area contributed by atoms with Gasteiger partial charge in [-0.3, -0.25) is 9.69 Å². The first-order valence-corrected chi connectivity index (χ1v) is 8.10. The molecule has 0 spiro atoms. The molecule has 0 bridgehead atoms. The van der Waals surface area contributed by atoms with Crippen LogP contribution in [0.2, 0.25) is 0 Å². The average molecular weight is 348 g/mol. The van der Waals surface area contributed by atoms with E-state index in [0.717, 1.165) is 5.56 Å². The number of halogens is 3. The zero-order valence-electron chi connectivity index (χ0n) is 13.6. The number of carbonyl (C=O) groups is 1. The highest BCUT2D eigenvalue weighted by atomic mass is 19.4. The molecule has 1 fully saturated rings. The van der Waals surface area contributed by atoms with Crippen LogP contribution in [0.5, 0.6) is 0 Å². The highest BCUT2D eigenvalue weighted by Gasteiger charge is 2.62. The van der Waals surface area contributed by atoms with E-state index in [2.05, 4.69) is 5.32 Å². The molecule has 2 aromatic rings. The molecule has 1 N–H and O–H groups in total. The first-order chi connectivity index (χ1) is 11.9. The molecule has 1 atom stereocenters. The van der Waals surface area contributed by atoms with Gasteiger partial charge in [0.1, 0.15) is 0 Å². The molecule has 1 aliphatic heterocycles. The largest absolute Gasteiger partial charge is 0.404 e. The summed E-state index contributed by atoms with van der Waals surface area (Å²) < 4.78 is 41.4. The molecule has 132 valence electrons. The van der Waals surface area contributed by atoms with Crippen LogP contribution in [0.3, 0.4) is 0 Å². The van der Waals surface area contributed by atoms with E-state index in [1.165, 1.54) is 0 Å². The predicted molar refractivity (Wildman–Crippen MR) is 89.9 cm³/mol. The number of nitrogens with zero attached hydrogens (tertiary/aromatic N) is 1. The molecule has 1 aliphatic rings. The van der Waals surface area contributed by atoms with Crippen molar-refractivity contribution in [2.45, 2.75) is 19.1 Å². The van der Waals surface area contributed by atoms with Crippen molar-refractivity contribution in [3.8, 4) is 0 Å². The van der Waals surface area contributed by atoms with E-state index >= 15 is 0 Å². The highest BCUT2D eigenvalue weighted by Crippen LogP contribution is 2.46. The maximum atomic E-state index is 13.8. The summed E-state index contributed by atoms with van der Waals surface area (Å²) in [6.07, 6.45) is -4.83. The number of rotatable bonds is 4. The van der Waals surface area contributed by atoms with Gasteiger partial charge in [0.2, 0.25) is 5.91 Å². The van der Waals surface area contributed by atoms with E-state index in [4.69, 9.17) is 0 Å². The standard InChI is InChI=1S/C19H19F3N2O/c20-19(21,22)18(17(25)23-16-9-5-2-6-10-16)11-12-24(14-18)13-15-7-3-1-4-8-15/h1-10H,11-14H2,(H,23,25). The third-order valence-corrected chi connectivity index (χ3v) is 4.61. The van der Waals surface area contributed by atoms with Crippen molar-refractivity contribution in [1.82, 2.24) is 4.90 Å². The summed E-state index contributed by atoms with van der Waals surface area (Å²) in [6.45, 7) is 0.304. The van der Waals surface area contributed by atoms with Crippen molar-refractivity contribution < 1.29 is 18.0 Å². The van der Waals surface area contributed by atoms with Gasteiger partial charge in [0, 0.05) is 18.8 Å². The van der Waals surface area contributed by atoms with Gasteiger partial charge in [0.15, 0.2) is 5.41 Å². The van der Waals surface area contributed by atoms with E-state index < -0.39 is 17.5 Å². The molecule has 0 aromatic heterocycles. The van der Waals surface area contributed by atoms with E-state index in [9.17, 15) is 18.0 Å². The number of hydrogen-bond acceptors (Lipinski definition) is 2. The molecule has 1 unspecified atom stereocenters. The number of amides is 1. The van der Waals surface area contributed by atoms with Gasteiger partial charge < -0.3 is 5.32 Å². The Kier molecular flexibility index (Phi) is 4.81. The van der Waals surface area contributed by atoms with Crippen molar-refractivity contribution in [3.05, 3.63) is 66.2 Å². The van der Waals surface area contributed by atoms with Gasteiger partial charge >= 0.3 is 6.18 Å². The average Bonchev–Trinajstić information content (AvgIpc) is 3.02. The first kappa shape index (κ1) is 17.5. The van der Waals surface area contributed by atoms with E-state index in [1.807, 2.05) is 30.3 Å². The summed E-state index contributed by atoms with van der Waals surface area (Å²) in [6, 6.07) is 17.6. The number of para-hydroxylation sites is 1. The fraction of sp³-hybridized carbons (Fsp3) is 0.316. The summed E-state index contributed by atoms with van der Waals surface area (Å²) in [5, 5.41) is 2.43. The van der Waals surface area contributed by atoms with E-state index in [-0.39, 0.29) is 19.5 Å². The second kappa shape index (κ2) is 6.88. The van der Waals surface area contributed by atoms with Crippen molar-refractivity contribution in [3.63, 3.8) is 0 Å². The van der Waals surface area contributed by atoms with Crippen LogP contribution in [0.4, 0.5) is 18.9 Å². The Morgan fingerprint density at radius 3 is 2.24 bits per heavy atom. The lowest BCUT2D eigenvalue weighted by molar-refractivity contribution is -0.215.